The maximum atomic E-state index is 13.2. The third-order valence-corrected chi connectivity index (χ3v) is 7.38. The second-order valence-corrected chi connectivity index (χ2v) is 9.77. The largest absolute Gasteiger partial charge is 0.459 e. The molecule has 0 spiro atoms. The average molecular weight is 498 g/mol. The van der Waals surface area contributed by atoms with E-state index in [9.17, 15) is 9.90 Å². The molecule has 0 aromatic heterocycles. The molecule has 0 bridgehead atoms. The van der Waals surface area contributed by atoms with Crippen molar-refractivity contribution in [1.82, 2.24) is 5.32 Å². The van der Waals surface area contributed by atoms with Gasteiger partial charge in [-0.3, -0.25) is 4.79 Å². The minimum atomic E-state index is -0.549. The molecule has 3 aromatic rings. The van der Waals surface area contributed by atoms with Crippen LogP contribution >= 0.6 is 0 Å². The Labute approximate surface area is 219 Å². The number of nitrogens with one attached hydrogen (secondary N) is 1. The molecule has 192 valence electrons. The van der Waals surface area contributed by atoms with Gasteiger partial charge in [0.15, 0.2) is 5.76 Å². The topological polar surface area (TPSA) is 67.8 Å². The molecule has 1 amide bonds. The lowest BCUT2D eigenvalue weighted by atomic mass is 9.80. The zero-order valence-electron chi connectivity index (χ0n) is 21.4. The van der Waals surface area contributed by atoms with E-state index < -0.39 is 6.29 Å². The zero-order chi connectivity index (χ0) is 25.6. The fourth-order valence-corrected chi connectivity index (χ4v) is 5.57. The van der Waals surface area contributed by atoms with Gasteiger partial charge in [0, 0.05) is 31.6 Å². The Morgan fingerprint density at radius 1 is 1.03 bits per heavy atom. The van der Waals surface area contributed by atoms with E-state index in [4.69, 9.17) is 9.47 Å². The van der Waals surface area contributed by atoms with E-state index in [0.29, 0.717) is 25.3 Å². The van der Waals surface area contributed by atoms with Crippen molar-refractivity contribution in [3.63, 3.8) is 0 Å². The molecule has 1 heterocycles. The van der Waals surface area contributed by atoms with E-state index in [0.717, 1.165) is 24.8 Å². The second-order valence-electron chi connectivity index (χ2n) is 9.77. The molecule has 5 rings (SSSR count). The van der Waals surface area contributed by atoms with Gasteiger partial charge in [-0.1, -0.05) is 72.8 Å². The number of benzene rings is 3. The van der Waals surface area contributed by atoms with Crippen molar-refractivity contribution in [3.8, 4) is 11.1 Å². The molecule has 37 heavy (non-hydrogen) atoms. The lowest BCUT2D eigenvalue weighted by Gasteiger charge is -2.37. The highest BCUT2D eigenvalue weighted by atomic mass is 16.7. The Morgan fingerprint density at radius 2 is 1.81 bits per heavy atom. The van der Waals surface area contributed by atoms with E-state index in [-0.39, 0.29) is 24.3 Å². The van der Waals surface area contributed by atoms with Crippen LogP contribution in [0.1, 0.15) is 47.9 Å². The first-order valence-electron chi connectivity index (χ1n) is 13.3. The first-order valence-corrected chi connectivity index (χ1v) is 13.3. The number of carbonyl (C=O) groups is 1. The van der Waals surface area contributed by atoms with Crippen molar-refractivity contribution < 1.29 is 19.4 Å². The third-order valence-electron chi connectivity index (χ3n) is 7.38. The van der Waals surface area contributed by atoms with Gasteiger partial charge < -0.3 is 19.9 Å². The van der Waals surface area contributed by atoms with Crippen LogP contribution < -0.4 is 5.32 Å². The lowest BCUT2D eigenvalue weighted by Crippen LogP contribution is -2.39. The summed E-state index contributed by atoms with van der Waals surface area (Å²) in [5.74, 6) is 0.0240. The SMILES string of the molecule is CCO[C@@H]1OC(C(=O)NCCc2ccccc2)=C[C@H](c2ccc3c(c2)Cc2ccccc2-3)[C@@H]1CCCO. The Hall–Kier alpha value is -3.41. The van der Waals surface area contributed by atoms with Gasteiger partial charge in [0.2, 0.25) is 6.29 Å². The molecule has 3 aromatic carbocycles. The number of ether oxygens (including phenoxy) is 2. The van der Waals surface area contributed by atoms with E-state index in [1.165, 1.54) is 27.8 Å². The third kappa shape index (κ3) is 5.63. The fraction of sp³-hybridized carbons (Fsp3) is 0.344. The minimum absolute atomic E-state index is 0.00482. The van der Waals surface area contributed by atoms with Gasteiger partial charge in [-0.25, -0.2) is 0 Å². The summed E-state index contributed by atoms with van der Waals surface area (Å²) in [5, 5.41) is 12.6. The number of fused-ring (bicyclic) bond motifs is 3. The molecule has 0 fully saturated rings. The molecule has 5 heteroatoms. The van der Waals surface area contributed by atoms with E-state index in [1.54, 1.807) is 0 Å². The molecule has 0 saturated heterocycles. The Morgan fingerprint density at radius 3 is 2.62 bits per heavy atom. The highest BCUT2D eigenvalue weighted by Gasteiger charge is 2.38. The summed E-state index contributed by atoms with van der Waals surface area (Å²) < 4.78 is 12.2. The Bertz CT molecular complexity index is 1250. The molecule has 2 aliphatic rings. The number of carbonyl (C=O) groups excluding carboxylic acids is 1. The summed E-state index contributed by atoms with van der Waals surface area (Å²) in [6.07, 6.45) is 4.46. The van der Waals surface area contributed by atoms with Gasteiger partial charge in [-0.05, 0) is 72.1 Å². The summed E-state index contributed by atoms with van der Waals surface area (Å²) in [6, 6.07) is 25.3. The summed E-state index contributed by atoms with van der Waals surface area (Å²) in [4.78, 5) is 13.2. The van der Waals surface area contributed by atoms with Crippen LogP contribution in [0, 0.1) is 5.92 Å². The molecule has 5 nitrogen and oxygen atoms in total. The van der Waals surface area contributed by atoms with E-state index in [1.807, 2.05) is 31.2 Å². The Balaban J connectivity index is 1.41. The molecule has 3 atom stereocenters. The van der Waals surface area contributed by atoms with E-state index in [2.05, 4.69) is 59.9 Å². The van der Waals surface area contributed by atoms with Crippen molar-refractivity contribution in [2.75, 3.05) is 19.8 Å². The van der Waals surface area contributed by atoms with Crippen LogP contribution in [0.15, 0.2) is 84.6 Å². The first-order chi connectivity index (χ1) is 18.2. The molecular formula is C32H35NO4. The van der Waals surface area contributed by atoms with Gasteiger partial charge in [-0.2, -0.15) is 0 Å². The van der Waals surface area contributed by atoms with E-state index >= 15 is 0 Å². The maximum Gasteiger partial charge on any atom is 0.286 e. The summed E-state index contributed by atoms with van der Waals surface area (Å²) >= 11 is 0. The molecular weight excluding hydrogens is 462 g/mol. The van der Waals surface area contributed by atoms with Gasteiger partial charge >= 0.3 is 0 Å². The molecule has 1 aliphatic heterocycles. The number of allylic oxidation sites excluding steroid dienone is 1. The fourth-order valence-electron chi connectivity index (χ4n) is 5.57. The van der Waals surface area contributed by atoms with Gasteiger partial charge in [-0.15, -0.1) is 0 Å². The quantitative estimate of drug-likeness (QED) is 0.309. The van der Waals surface area contributed by atoms with Crippen molar-refractivity contribution in [2.45, 2.75) is 44.8 Å². The molecule has 2 N–H and O–H groups in total. The smallest absolute Gasteiger partial charge is 0.286 e. The molecule has 1 aliphatic carbocycles. The minimum Gasteiger partial charge on any atom is -0.459 e. The van der Waals surface area contributed by atoms with Crippen molar-refractivity contribution in [2.24, 2.45) is 5.92 Å². The van der Waals surface area contributed by atoms with Gasteiger partial charge in [0.05, 0.1) is 0 Å². The van der Waals surface area contributed by atoms with Crippen LogP contribution in [0.3, 0.4) is 0 Å². The maximum absolute atomic E-state index is 13.2. The van der Waals surface area contributed by atoms with Crippen LogP contribution in [0.4, 0.5) is 0 Å². The van der Waals surface area contributed by atoms with Crippen LogP contribution in [0.5, 0.6) is 0 Å². The van der Waals surface area contributed by atoms with Crippen LogP contribution in [-0.4, -0.2) is 37.1 Å². The van der Waals surface area contributed by atoms with Crippen molar-refractivity contribution in [3.05, 3.63) is 107 Å². The number of aliphatic hydroxyl groups excluding tert-OH is 1. The van der Waals surface area contributed by atoms with Crippen LogP contribution in [0.25, 0.3) is 11.1 Å². The molecule has 0 radical (unpaired) electrons. The standard InChI is InChI=1S/C32H35NO4/c1-2-36-32-28(13-8-18-34)29(21-30(37-32)31(35)33-17-16-22-9-4-3-5-10-22)24-14-15-27-25(20-24)19-23-11-6-7-12-26(23)27/h3-7,9-12,14-15,20-21,28-29,32,34H,2,8,13,16-19H2,1H3,(H,33,35)/t28-,29+,32+/m0/s1. The predicted molar refractivity (Wildman–Crippen MR) is 145 cm³/mol. The van der Waals surface area contributed by atoms with Gasteiger partial charge in [0.25, 0.3) is 5.91 Å². The lowest BCUT2D eigenvalue weighted by molar-refractivity contribution is -0.166. The average Bonchev–Trinajstić information content (AvgIpc) is 3.30. The number of hydrogen-bond donors (Lipinski definition) is 2. The number of rotatable bonds is 10. The first kappa shape index (κ1) is 25.2. The molecule has 0 saturated carbocycles. The summed E-state index contributed by atoms with van der Waals surface area (Å²) in [6.45, 7) is 3.05. The van der Waals surface area contributed by atoms with Crippen LogP contribution in [-0.2, 0) is 27.1 Å². The van der Waals surface area contributed by atoms with Gasteiger partial charge in [0.1, 0.15) is 0 Å². The number of hydrogen-bond acceptors (Lipinski definition) is 4. The predicted octanol–water partition coefficient (Wildman–Crippen LogP) is 5.37. The highest BCUT2D eigenvalue weighted by Crippen LogP contribution is 2.43. The number of amides is 1. The summed E-state index contributed by atoms with van der Waals surface area (Å²) in [5.41, 5.74) is 7.56. The molecule has 0 unspecified atom stereocenters. The number of aliphatic hydroxyl groups is 1. The summed E-state index contributed by atoms with van der Waals surface area (Å²) in [7, 11) is 0. The van der Waals surface area contributed by atoms with Crippen molar-refractivity contribution >= 4 is 5.91 Å². The monoisotopic (exact) mass is 497 g/mol. The van der Waals surface area contributed by atoms with Crippen molar-refractivity contribution in [1.29, 1.82) is 0 Å². The second kappa shape index (κ2) is 11.8. The highest BCUT2D eigenvalue weighted by molar-refractivity contribution is 5.91. The zero-order valence-corrected chi connectivity index (χ0v) is 21.4. The Kier molecular flexibility index (Phi) is 8.02. The normalized spacial score (nSPS) is 19.9. The van der Waals surface area contributed by atoms with Crippen LogP contribution in [0.2, 0.25) is 0 Å².